The number of nitrogens with zero attached hydrogens (tertiary/aromatic N) is 3. The van der Waals surface area contributed by atoms with E-state index < -0.39 is 0 Å². The number of ether oxygens (including phenoxy) is 1. The van der Waals surface area contributed by atoms with Crippen LogP contribution in [0.15, 0.2) is 53.1 Å². The molecule has 0 unspecified atom stereocenters. The number of carbonyl (C=O) groups is 1. The van der Waals surface area contributed by atoms with Gasteiger partial charge in [0, 0.05) is 36.7 Å². The molecule has 2 aromatic rings. The number of anilines is 2. The van der Waals surface area contributed by atoms with E-state index >= 15 is 0 Å². The first kappa shape index (κ1) is 21.3. The van der Waals surface area contributed by atoms with Crippen LogP contribution in [-0.2, 0) is 11.3 Å². The van der Waals surface area contributed by atoms with Crippen molar-refractivity contribution in [1.29, 1.82) is 0 Å². The highest BCUT2D eigenvalue weighted by Gasteiger charge is 2.20. The Morgan fingerprint density at radius 3 is 2.93 bits per heavy atom. The summed E-state index contributed by atoms with van der Waals surface area (Å²) in [6, 6.07) is 6.22. The smallest absolute Gasteiger partial charge is 0.321 e. The third-order valence-corrected chi connectivity index (χ3v) is 4.66. The monoisotopic (exact) mass is 409 g/mol. The average Bonchev–Trinajstić information content (AvgIpc) is 3.38. The van der Waals surface area contributed by atoms with Crippen molar-refractivity contribution in [3.63, 3.8) is 0 Å². The van der Waals surface area contributed by atoms with Crippen molar-refractivity contribution >= 4 is 23.3 Å². The van der Waals surface area contributed by atoms with E-state index in [2.05, 4.69) is 27.4 Å². The maximum atomic E-state index is 11.7. The topological polar surface area (TPSA) is 92.5 Å². The predicted molar refractivity (Wildman–Crippen MR) is 116 cm³/mol. The molecule has 0 saturated carbocycles. The fourth-order valence-electron chi connectivity index (χ4n) is 2.93. The lowest BCUT2D eigenvalue weighted by Crippen LogP contribution is -2.26. The molecule has 2 N–H and O–H groups in total. The zero-order chi connectivity index (χ0) is 21.5. The number of hydrogen-bond donors (Lipinski definition) is 2. The molecule has 2 amide bonds. The van der Waals surface area contributed by atoms with Crippen LogP contribution in [0.3, 0.4) is 0 Å². The van der Waals surface area contributed by atoms with E-state index in [0.29, 0.717) is 43.9 Å². The van der Waals surface area contributed by atoms with Gasteiger partial charge >= 0.3 is 12.0 Å². The van der Waals surface area contributed by atoms with E-state index in [9.17, 15) is 4.79 Å². The lowest BCUT2D eigenvalue weighted by molar-refractivity contribution is 0.134. The summed E-state index contributed by atoms with van der Waals surface area (Å²) in [4.78, 5) is 13.3. The van der Waals surface area contributed by atoms with Gasteiger partial charge in [-0.25, -0.2) is 4.79 Å². The Balaban J connectivity index is 1.69. The van der Waals surface area contributed by atoms with E-state index in [1.165, 1.54) is 0 Å². The summed E-state index contributed by atoms with van der Waals surface area (Å²) in [7, 11) is 0. The number of hydrogen-bond acceptors (Lipinski definition) is 6. The number of nitrogens with one attached hydrogen (secondary N) is 2. The molecule has 2 heterocycles. The summed E-state index contributed by atoms with van der Waals surface area (Å²) in [5.74, 6) is 0.373. The molecule has 1 aliphatic rings. The maximum Gasteiger partial charge on any atom is 0.321 e. The molecule has 30 heavy (non-hydrogen) atoms. The zero-order valence-corrected chi connectivity index (χ0v) is 17.6. The Morgan fingerprint density at radius 1 is 1.40 bits per heavy atom. The molecule has 1 fully saturated rings. The van der Waals surface area contributed by atoms with Gasteiger partial charge in [-0.2, -0.15) is 0 Å². The molecule has 158 valence electrons. The van der Waals surface area contributed by atoms with E-state index in [0.717, 1.165) is 22.4 Å². The number of amides is 2. The molecule has 0 aliphatic carbocycles. The molecule has 0 radical (unpaired) electrons. The minimum atomic E-state index is -0.141. The summed E-state index contributed by atoms with van der Waals surface area (Å²) >= 11 is 0. The molecule has 1 aromatic heterocycles. The first-order chi connectivity index (χ1) is 14.5. The molecule has 8 nitrogen and oxygen atoms in total. The Morgan fingerprint density at radius 2 is 2.23 bits per heavy atom. The van der Waals surface area contributed by atoms with Gasteiger partial charge in [0.25, 0.3) is 0 Å². The Hall–Kier alpha value is -3.39. The summed E-state index contributed by atoms with van der Waals surface area (Å²) in [5.41, 5.74) is 4.34. The second kappa shape index (κ2) is 9.89. The number of allylic oxidation sites excluding steroid dienone is 4. The van der Waals surface area contributed by atoms with Crippen molar-refractivity contribution < 1.29 is 13.9 Å². The molecule has 0 spiro atoms. The summed E-state index contributed by atoms with van der Waals surface area (Å²) < 4.78 is 11.3. The molecule has 3 rings (SSSR count). The molecule has 8 heteroatoms. The number of aryl methyl sites for hydroxylation is 1. The second-order valence-electron chi connectivity index (χ2n) is 6.78. The maximum absolute atomic E-state index is 11.7. The highest BCUT2D eigenvalue weighted by atomic mass is 16.5. The van der Waals surface area contributed by atoms with Crippen molar-refractivity contribution in [2.75, 3.05) is 25.0 Å². The first-order valence-electron chi connectivity index (χ1n) is 9.88. The summed E-state index contributed by atoms with van der Waals surface area (Å²) in [6.07, 6.45) is 5.43. The minimum Gasteiger partial charge on any atom is -0.403 e. The fraction of sp³-hybridized carbons (Fsp3) is 0.318. The normalized spacial score (nSPS) is 14.4. The van der Waals surface area contributed by atoms with Gasteiger partial charge in [0.05, 0.1) is 6.61 Å². The molecule has 1 saturated heterocycles. The van der Waals surface area contributed by atoms with Crippen LogP contribution >= 0.6 is 0 Å². The van der Waals surface area contributed by atoms with Crippen LogP contribution in [-0.4, -0.2) is 40.8 Å². The number of rotatable bonds is 9. The molecule has 1 aromatic carbocycles. The number of benzene rings is 1. The Kier molecular flexibility index (Phi) is 7.03. The minimum absolute atomic E-state index is 0.141. The molecular weight excluding hydrogens is 382 g/mol. The van der Waals surface area contributed by atoms with Crippen LogP contribution in [0.2, 0.25) is 0 Å². The van der Waals surface area contributed by atoms with Crippen molar-refractivity contribution in [1.82, 2.24) is 20.4 Å². The predicted octanol–water partition coefficient (Wildman–Crippen LogP) is 4.16. The second-order valence-corrected chi connectivity index (χ2v) is 6.78. The van der Waals surface area contributed by atoms with Gasteiger partial charge in [0.15, 0.2) is 0 Å². The lowest BCUT2D eigenvalue weighted by Gasteiger charge is -2.13. The lowest BCUT2D eigenvalue weighted by atomic mass is 10.1. The Labute approximate surface area is 176 Å². The first-order valence-corrected chi connectivity index (χ1v) is 9.88. The number of aromatic nitrogens is 2. The summed E-state index contributed by atoms with van der Waals surface area (Å²) in [5, 5.41) is 14.2. The third kappa shape index (κ3) is 5.15. The van der Waals surface area contributed by atoms with E-state index in [1.807, 2.05) is 45.0 Å². The van der Waals surface area contributed by atoms with Crippen LogP contribution in [0, 0.1) is 6.92 Å². The van der Waals surface area contributed by atoms with Crippen molar-refractivity contribution in [3.8, 4) is 0 Å². The molecule has 0 atom stereocenters. The highest BCUT2D eigenvalue weighted by molar-refractivity contribution is 5.79. The fourth-order valence-corrected chi connectivity index (χ4v) is 2.93. The molecule has 0 bridgehead atoms. The average molecular weight is 409 g/mol. The Bertz CT molecular complexity index is 977. The van der Waals surface area contributed by atoms with Gasteiger partial charge in [-0.15, -0.1) is 5.10 Å². The van der Waals surface area contributed by atoms with E-state index in [1.54, 1.807) is 17.1 Å². The molecular formula is C22H27N5O3. The van der Waals surface area contributed by atoms with Crippen LogP contribution in [0.5, 0.6) is 0 Å². The van der Waals surface area contributed by atoms with Crippen LogP contribution in [0.1, 0.15) is 30.9 Å². The van der Waals surface area contributed by atoms with E-state index in [-0.39, 0.29) is 6.03 Å². The summed E-state index contributed by atoms with van der Waals surface area (Å²) in [6.45, 7) is 12.2. The largest absolute Gasteiger partial charge is 0.403 e. The van der Waals surface area contributed by atoms with Crippen LogP contribution < -0.4 is 10.6 Å². The number of carbonyl (C=O) groups excluding carboxylic acids is 1. The van der Waals surface area contributed by atoms with Crippen molar-refractivity contribution in [3.05, 3.63) is 65.7 Å². The zero-order valence-electron chi connectivity index (χ0n) is 17.6. The van der Waals surface area contributed by atoms with Crippen LogP contribution in [0.4, 0.5) is 16.5 Å². The quantitative estimate of drug-likeness (QED) is 0.604. The number of urea groups is 1. The van der Waals surface area contributed by atoms with Gasteiger partial charge in [-0.1, -0.05) is 29.9 Å². The van der Waals surface area contributed by atoms with Gasteiger partial charge < -0.3 is 19.8 Å². The third-order valence-electron chi connectivity index (χ3n) is 4.66. The SMILES string of the molecule is C=C(/C=C\C(=C/C)c1nnc(Nc2cc(COCC)ccc2C)o1)N1CCNC1=O. The molecule has 1 aliphatic heterocycles. The van der Waals surface area contributed by atoms with E-state index in [4.69, 9.17) is 9.15 Å². The van der Waals surface area contributed by atoms with Crippen molar-refractivity contribution in [2.45, 2.75) is 27.4 Å². The highest BCUT2D eigenvalue weighted by Crippen LogP contribution is 2.24. The van der Waals surface area contributed by atoms with Gasteiger partial charge in [-0.05, 0) is 50.1 Å². The van der Waals surface area contributed by atoms with Gasteiger partial charge in [0.2, 0.25) is 5.89 Å². The standard InChI is InChI=1S/C22H27N5O3/c1-5-18(10-8-16(4)27-12-11-23-22(27)28)20-25-26-21(30-20)24-19-13-17(14-29-6-2)9-7-15(19)3/h5,7-10,13H,4,6,11-12,14H2,1-3H3,(H,23,28)(H,24,26)/b10-8-,18-5+. The van der Waals surface area contributed by atoms with Crippen molar-refractivity contribution in [2.24, 2.45) is 0 Å². The van der Waals surface area contributed by atoms with Gasteiger partial charge in [0.1, 0.15) is 0 Å². The van der Waals surface area contributed by atoms with Crippen LogP contribution in [0.25, 0.3) is 5.57 Å². The van der Waals surface area contributed by atoms with Gasteiger partial charge in [-0.3, -0.25) is 4.90 Å².